The van der Waals surface area contributed by atoms with Gasteiger partial charge in [-0.3, -0.25) is 4.21 Å². The van der Waals surface area contributed by atoms with E-state index >= 15 is 0 Å². The first-order valence-corrected chi connectivity index (χ1v) is 7.74. The number of aryl methyl sites for hydroxylation is 1. The van der Waals surface area contributed by atoms with E-state index in [1.807, 2.05) is 18.2 Å². The van der Waals surface area contributed by atoms with E-state index in [4.69, 9.17) is 5.11 Å². The zero-order valence-corrected chi connectivity index (χ0v) is 11.8. The molecule has 0 heterocycles. The number of aromatic carboxylic acids is 1. The van der Waals surface area contributed by atoms with Crippen molar-refractivity contribution in [3.05, 3.63) is 65.7 Å². The van der Waals surface area contributed by atoms with E-state index in [-0.39, 0.29) is 5.56 Å². The van der Waals surface area contributed by atoms with Crippen LogP contribution in [0.15, 0.2) is 59.5 Å². The monoisotopic (exact) mass is 288 g/mol. The molecule has 0 bridgehead atoms. The van der Waals surface area contributed by atoms with Gasteiger partial charge in [0.1, 0.15) is 0 Å². The summed E-state index contributed by atoms with van der Waals surface area (Å²) in [5, 5.41) is 8.81. The van der Waals surface area contributed by atoms with Gasteiger partial charge >= 0.3 is 5.97 Å². The molecule has 0 saturated carbocycles. The van der Waals surface area contributed by atoms with Gasteiger partial charge in [-0.1, -0.05) is 30.3 Å². The highest BCUT2D eigenvalue weighted by Crippen LogP contribution is 2.11. The largest absolute Gasteiger partial charge is 0.478 e. The first-order chi connectivity index (χ1) is 9.66. The molecule has 2 rings (SSSR count). The second-order valence-electron chi connectivity index (χ2n) is 4.47. The molecule has 0 saturated heterocycles. The minimum atomic E-state index is -1.07. The number of hydrogen-bond donors (Lipinski definition) is 1. The average molecular weight is 288 g/mol. The van der Waals surface area contributed by atoms with E-state index in [1.165, 1.54) is 17.7 Å². The maximum absolute atomic E-state index is 12.1. The molecule has 1 unspecified atom stereocenters. The Labute approximate surface area is 120 Å². The zero-order valence-electron chi connectivity index (χ0n) is 11.0. The molecule has 1 N–H and O–H groups in total. The zero-order chi connectivity index (χ0) is 14.4. The topological polar surface area (TPSA) is 54.4 Å². The van der Waals surface area contributed by atoms with Gasteiger partial charge in [-0.05, 0) is 42.7 Å². The van der Waals surface area contributed by atoms with E-state index in [9.17, 15) is 9.00 Å². The number of carboxylic acids is 1. The van der Waals surface area contributed by atoms with Gasteiger partial charge in [0, 0.05) is 10.6 Å². The molecular weight excluding hydrogens is 272 g/mol. The van der Waals surface area contributed by atoms with Gasteiger partial charge in [0.2, 0.25) is 0 Å². The Bertz CT molecular complexity index is 591. The van der Waals surface area contributed by atoms with Crippen molar-refractivity contribution >= 4 is 16.8 Å². The Hall–Kier alpha value is -1.94. The number of rotatable bonds is 6. The van der Waals surface area contributed by atoms with E-state index in [0.717, 1.165) is 12.8 Å². The normalized spacial score (nSPS) is 12.0. The number of carboxylic acid groups (broad SMARTS) is 1. The molecule has 0 spiro atoms. The molecule has 0 aliphatic heterocycles. The quantitative estimate of drug-likeness (QED) is 0.888. The maximum Gasteiger partial charge on any atom is 0.335 e. The van der Waals surface area contributed by atoms with Crippen LogP contribution in [0.2, 0.25) is 0 Å². The van der Waals surface area contributed by atoms with Crippen LogP contribution in [0.5, 0.6) is 0 Å². The fourth-order valence-corrected chi connectivity index (χ4v) is 3.00. The highest BCUT2D eigenvalue weighted by Gasteiger charge is 2.06. The summed E-state index contributed by atoms with van der Waals surface area (Å²) in [6, 6.07) is 16.3. The molecule has 20 heavy (non-hydrogen) atoms. The maximum atomic E-state index is 12.1. The Morgan fingerprint density at radius 2 is 1.65 bits per heavy atom. The van der Waals surface area contributed by atoms with Crippen molar-refractivity contribution in [2.75, 3.05) is 5.75 Å². The lowest BCUT2D eigenvalue weighted by Gasteiger charge is -2.03. The summed E-state index contributed by atoms with van der Waals surface area (Å²) in [5.74, 6) is -0.382. The van der Waals surface area contributed by atoms with E-state index < -0.39 is 16.8 Å². The number of hydrogen-bond acceptors (Lipinski definition) is 2. The summed E-state index contributed by atoms with van der Waals surface area (Å²) in [7, 11) is -1.07. The molecule has 2 aromatic carbocycles. The summed E-state index contributed by atoms with van der Waals surface area (Å²) in [5.41, 5.74) is 1.46. The molecule has 0 aromatic heterocycles. The van der Waals surface area contributed by atoms with Gasteiger partial charge in [0.25, 0.3) is 0 Å². The van der Waals surface area contributed by atoms with Crippen molar-refractivity contribution in [1.82, 2.24) is 0 Å². The van der Waals surface area contributed by atoms with Gasteiger partial charge in [0.15, 0.2) is 0 Å². The van der Waals surface area contributed by atoms with Crippen molar-refractivity contribution in [1.29, 1.82) is 0 Å². The summed E-state index contributed by atoms with van der Waals surface area (Å²) in [6.07, 6.45) is 1.75. The van der Waals surface area contributed by atoms with Gasteiger partial charge in [-0.25, -0.2) is 4.79 Å². The van der Waals surface area contributed by atoms with Crippen LogP contribution in [0.1, 0.15) is 22.3 Å². The molecule has 0 aliphatic rings. The molecule has 4 heteroatoms. The molecule has 0 radical (unpaired) electrons. The summed E-state index contributed by atoms with van der Waals surface area (Å²) in [6.45, 7) is 0. The van der Waals surface area contributed by atoms with Crippen molar-refractivity contribution in [3.8, 4) is 0 Å². The second-order valence-corrected chi connectivity index (χ2v) is 6.04. The smallest absolute Gasteiger partial charge is 0.335 e. The van der Waals surface area contributed by atoms with Gasteiger partial charge in [-0.15, -0.1) is 0 Å². The minimum Gasteiger partial charge on any atom is -0.478 e. The van der Waals surface area contributed by atoms with Crippen LogP contribution in [0, 0.1) is 0 Å². The van der Waals surface area contributed by atoms with Crippen LogP contribution in [0.3, 0.4) is 0 Å². The van der Waals surface area contributed by atoms with E-state index in [1.54, 1.807) is 12.1 Å². The third kappa shape index (κ3) is 4.03. The Balaban J connectivity index is 1.87. The molecule has 0 fully saturated rings. The van der Waals surface area contributed by atoms with Gasteiger partial charge in [-0.2, -0.15) is 0 Å². The average Bonchev–Trinajstić information content (AvgIpc) is 2.48. The summed E-state index contributed by atoms with van der Waals surface area (Å²) in [4.78, 5) is 11.4. The van der Waals surface area contributed by atoms with Crippen molar-refractivity contribution < 1.29 is 14.1 Å². The fraction of sp³-hybridized carbons (Fsp3) is 0.188. The van der Waals surface area contributed by atoms with Gasteiger partial charge in [0.05, 0.1) is 16.4 Å². The van der Waals surface area contributed by atoms with E-state index in [2.05, 4.69) is 12.1 Å². The molecule has 1 atom stereocenters. The SMILES string of the molecule is O=C(O)c1ccc(S(=O)CCCc2ccccc2)cc1. The van der Waals surface area contributed by atoms with Gasteiger partial charge < -0.3 is 5.11 Å². The molecule has 0 amide bonds. The highest BCUT2D eigenvalue weighted by molar-refractivity contribution is 7.85. The first-order valence-electron chi connectivity index (χ1n) is 6.42. The van der Waals surface area contributed by atoms with Crippen molar-refractivity contribution in [3.63, 3.8) is 0 Å². The Morgan fingerprint density at radius 3 is 2.25 bits per heavy atom. The molecule has 104 valence electrons. The number of carbonyl (C=O) groups is 1. The lowest BCUT2D eigenvalue weighted by atomic mass is 10.1. The lowest BCUT2D eigenvalue weighted by molar-refractivity contribution is 0.0697. The van der Waals surface area contributed by atoms with E-state index in [0.29, 0.717) is 10.6 Å². The van der Waals surface area contributed by atoms with Crippen LogP contribution in [0.4, 0.5) is 0 Å². The standard InChI is InChI=1S/C16H16O3S/c17-16(18)14-8-10-15(11-9-14)20(19)12-4-7-13-5-2-1-3-6-13/h1-3,5-6,8-11H,4,7,12H2,(H,17,18). The predicted molar refractivity (Wildman–Crippen MR) is 79.4 cm³/mol. The van der Waals surface area contributed by atoms with Crippen LogP contribution in [-0.4, -0.2) is 21.0 Å². The highest BCUT2D eigenvalue weighted by atomic mass is 32.2. The lowest BCUT2D eigenvalue weighted by Crippen LogP contribution is -2.01. The molecular formula is C16H16O3S. The Morgan fingerprint density at radius 1 is 1.00 bits per heavy atom. The van der Waals surface area contributed by atoms with Crippen LogP contribution >= 0.6 is 0 Å². The first kappa shape index (κ1) is 14.5. The van der Waals surface area contributed by atoms with Crippen molar-refractivity contribution in [2.24, 2.45) is 0 Å². The fourth-order valence-electron chi connectivity index (χ4n) is 1.92. The number of benzene rings is 2. The minimum absolute atomic E-state index is 0.218. The van der Waals surface area contributed by atoms with Crippen LogP contribution in [0.25, 0.3) is 0 Å². The molecule has 0 aliphatic carbocycles. The second kappa shape index (κ2) is 7.01. The van der Waals surface area contributed by atoms with Crippen LogP contribution in [-0.2, 0) is 17.2 Å². The third-order valence-electron chi connectivity index (χ3n) is 3.00. The molecule has 3 nitrogen and oxygen atoms in total. The Kier molecular flexibility index (Phi) is 5.07. The molecule has 2 aromatic rings. The van der Waals surface area contributed by atoms with Crippen LogP contribution < -0.4 is 0 Å². The third-order valence-corrected chi connectivity index (χ3v) is 4.46. The summed E-state index contributed by atoms with van der Waals surface area (Å²) >= 11 is 0. The summed E-state index contributed by atoms with van der Waals surface area (Å²) < 4.78 is 12.1. The predicted octanol–water partition coefficient (Wildman–Crippen LogP) is 3.13. The van der Waals surface area contributed by atoms with Crippen molar-refractivity contribution in [2.45, 2.75) is 17.7 Å².